The summed E-state index contributed by atoms with van der Waals surface area (Å²) >= 11 is 0. The summed E-state index contributed by atoms with van der Waals surface area (Å²) in [5, 5.41) is 6.85. The van der Waals surface area contributed by atoms with E-state index < -0.39 is 0 Å². The van der Waals surface area contributed by atoms with Crippen LogP contribution >= 0.6 is 0 Å². The number of guanidine groups is 1. The largest absolute Gasteiger partial charge is 0.493 e. The van der Waals surface area contributed by atoms with Gasteiger partial charge in [0.1, 0.15) is 5.75 Å². The fourth-order valence-electron chi connectivity index (χ4n) is 3.27. The summed E-state index contributed by atoms with van der Waals surface area (Å²) in [6, 6.07) is 8.44. The molecule has 1 saturated heterocycles. The van der Waals surface area contributed by atoms with Crippen molar-refractivity contribution >= 4 is 12.1 Å². The molecule has 0 atom stereocenters. The van der Waals surface area contributed by atoms with Crippen molar-refractivity contribution in [2.24, 2.45) is 10.9 Å². The van der Waals surface area contributed by atoms with E-state index in [1.165, 1.54) is 12.8 Å². The molecule has 1 amide bonds. The minimum Gasteiger partial charge on any atom is -0.493 e. The fraction of sp³-hybridized carbons (Fsp3) is 0.619. The molecule has 1 aliphatic carbocycles. The minimum absolute atomic E-state index is 0.216. The first-order valence-electron chi connectivity index (χ1n) is 10.3. The zero-order valence-corrected chi connectivity index (χ0v) is 16.9. The second-order valence-electron chi connectivity index (χ2n) is 7.39. The lowest BCUT2D eigenvalue weighted by Gasteiger charge is -2.32. The Morgan fingerprint density at radius 2 is 1.96 bits per heavy atom. The highest BCUT2D eigenvalue weighted by Crippen LogP contribution is 2.30. The maximum absolute atomic E-state index is 11.8. The second kappa shape index (κ2) is 10.2. The zero-order chi connectivity index (χ0) is 19.8. The molecular formula is C21H32N4O3. The lowest BCUT2D eigenvalue weighted by atomic mass is 10.1. The van der Waals surface area contributed by atoms with Gasteiger partial charge in [-0.1, -0.05) is 18.2 Å². The molecule has 1 heterocycles. The van der Waals surface area contributed by atoms with Gasteiger partial charge >= 0.3 is 6.09 Å². The highest BCUT2D eigenvalue weighted by Gasteiger charge is 2.24. The lowest BCUT2D eigenvalue weighted by Crippen LogP contribution is -2.49. The zero-order valence-electron chi connectivity index (χ0n) is 16.9. The van der Waals surface area contributed by atoms with Gasteiger partial charge in [-0.25, -0.2) is 4.79 Å². The average Bonchev–Trinajstić information content (AvgIpc) is 3.55. The first kappa shape index (κ1) is 20.3. The Bertz CT molecular complexity index is 667. The quantitative estimate of drug-likeness (QED) is 0.555. The van der Waals surface area contributed by atoms with E-state index in [1.54, 1.807) is 11.9 Å². The van der Waals surface area contributed by atoms with Crippen LogP contribution in [0.1, 0.15) is 38.2 Å². The number of piperidine rings is 1. The minimum atomic E-state index is -0.216. The molecule has 0 unspecified atom stereocenters. The predicted molar refractivity (Wildman–Crippen MR) is 110 cm³/mol. The third kappa shape index (κ3) is 6.04. The third-order valence-electron chi connectivity index (χ3n) is 5.18. The van der Waals surface area contributed by atoms with Gasteiger partial charge in [0.25, 0.3) is 0 Å². The number of para-hydroxylation sites is 1. The van der Waals surface area contributed by atoms with Gasteiger partial charge in [-0.05, 0) is 44.6 Å². The molecule has 3 rings (SSSR count). The van der Waals surface area contributed by atoms with Crippen LogP contribution < -0.4 is 15.4 Å². The summed E-state index contributed by atoms with van der Waals surface area (Å²) in [5.41, 5.74) is 1.13. The maximum atomic E-state index is 11.8. The summed E-state index contributed by atoms with van der Waals surface area (Å²) in [7, 11) is 1.78. The smallest absolute Gasteiger partial charge is 0.409 e. The van der Waals surface area contributed by atoms with Crippen molar-refractivity contribution in [3.05, 3.63) is 29.8 Å². The number of benzene rings is 1. The summed E-state index contributed by atoms with van der Waals surface area (Å²) in [6.45, 7) is 5.11. The Hall–Kier alpha value is -2.44. The highest BCUT2D eigenvalue weighted by molar-refractivity contribution is 5.80. The molecule has 1 aromatic carbocycles. The molecule has 0 radical (unpaired) electrons. The van der Waals surface area contributed by atoms with Crippen molar-refractivity contribution in [3.63, 3.8) is 0 Å². The molecule has 7 heteroatoms. The van der Waals surface area contributed by atoms with Crippen molar-refractivity contribution in [2.45, 2.75) is 45.2 Å². The van der Waals surface area contributed by atoms with Crippen molar-refractivity contribution in [3.8, 4) is 5.75 Å². The van der Waals surface area contributed by atoms with E-state index in [0.717, 1.165) is 42.6 Å². The van der Waals surface area contributed by atoms with Crippen LogP contribution in [0.15, 0.2) is 29.3 Å². The molecule has 0 bridgehead atoms. The van der Waals surface area contributed by atoms with E-state index in [9.17, 15) is 4.79 Å². The van der Waals surface area contributed by atoms with Crippen molar-refractivity contribution in [2.75, 3.05) is 33.4 Å². The average molecular weight is 389 g/mol. The van der Waals surface area contributed by atoms with Crippen LogP contribution in [0.4, 0.5) is 4.79 Å². The Labute approximate surface area is 167 Å². The monoisotopic (exact) mass is 388 g/mol. The molecule has 154 valence electrons. The third-order valence-corrected chi connectivity index (χ3v) is 5.18. The molecule has 1 aliphatic heterocycles. The van der Waals surface area contributed by atoms with Gasteiger partial charge in [0.2, 0.25) is 0 Å². The van der Waals surface area contributed by atoms with Gasteiger partial charge < -0.3 is 25.0 Å². The number of nitrogens with one attached hydrogen (secondary N) is 2. The number of rotatable bonds is 7. The molecule has 1 aromatic rings. The number of nitrogens with zero attached hydrogens (tertiary/aromatic N) is 2. The van der Waals surface area contributed by atoms with E-state index in [-0.39, 0.29) is 6.09 Å². The van der Waals surface area contributed by atoms with Crippen LogP contribution in [-0.2, 0) is 11.3 Å². The van der Waals surface area contributed by atoms with Crippen molar-refractivity contribution in [1.29, 1.82) is 0 Å². The van der Waals surface area contributed by atoms with Gasteiger partial charge in [0.05, 0.1) is 13.2 Å². The van der Waals surface area contributed by atoms with E-state index in [1.807, 2.05) is 25.1 Å². The van der Waals surface area contributed by atoms with Crippen LogP contribution in [0.3, 0.4) is 0 Å². The molecule has 0 aromatic heterocycles. The van der Waals surface area contributed by atoms with E-state index in [4.69, 9.17) is 9.47 Å². The van der Waals surface area contributed by atoms with Crippen LogP contribution in [0, 0.1) is 5.92 Å². The van der Waals surface area contributed by atoms with E-state index in [0.29, 0.717) is 32.3 Å². The Balaban J connectivity index is 1.45. The van der Waals surface area contributed by atoms with E-state index >= 15 is 0 Å². The second-order valence-corrected chi connectivity index (χ2v) is 7.39. The van der Waals surface area contributed by atoms with Gasteiger partial charge in [0, 0.05) is 38.3 Å². The molecular weight excluding hydrogens is 356 g/mol. The Morgan fingerprint density at radius 1 is 1.21 bits per heavy atom. The van der Waals surface area contributed by atoms with Crippen LogP contribution in [0.5, 0.6) is 5.75 Å². The Kier molecular flexibility index (Phi) is 7.39. The standard InChI is InChI=1S/C21H32N4O3/c1-3-27-21(26)25-12-10-18(11-13-25)24-20(22-2)23-14-17-6-4-5-7-19(17)28-15-16-8-9-16/h4-7,16,18H,3,8-15H2,1-2H3,(H2,22,23,24). The number of carbonyl (C=O) groups excluding carboxylic acids is 1. The van der Waals surface area contributed by atoms with Gasteiger partial charge in [-0.15, -0.1) is 0 Å². The van der Waals surface area contributed by atoms with Crippen molar-refractivity contribution < 1.29 is 14.3 Å². The number of likely N-dealkylation sites (tertiary alicyclic amines) is 1. The number of aliphatic imine (C=N–C) groups is 1. The number of hydrogen-bond donors (Lipinski definition) is 2. The Morgan fingerprint density at radius 3 is 2.64 bits per heavy atom. The number of hydrogen-bond acceptors (Lipinski definition) is 4. The van der Waals surface area contributed by atoms with Crippen LogP contribution in [0.2, 0.25) is 0 Å². The molecule has 0 spiro atoms. The van der Waals surface area contributed by atoms with Gasteiger partial charge in [0.15, 0.2) is 5.96 Å². The van der Waals surface area contributed by atoms with E-state index in [2.05, 4.69) is 21.7 Å². The topological polar surface area (TPSA) is 75.2 Å². The molecule has 2 N–H and O–H groups in total. The van der Waals surface area contributed by atoms with Crippen LogP contribution in [-0.4, -0.2) is 56.3 Å². The van der Waals surface area contributed by atoms with Crippen molar-refractivity contribution in [1.82, 2.24) is 15.5 Å². The van der Waals surface area contributed by atoms with Gasteiger partial charge in [-0.2, -0.15) is 0 Å². The number of amides is 1. The first-order valence-corrected chi connectivity index (χ1v) is 10.3. The molecule has 2 aliphatic rings. The summed E-state index contributed by atoms with van der Waals surface area (Å²) in [5.74, 6) is 2.45. The molecule has 1 saturated carbocycles. The molecule has 28 heavy (non-hydrogen) atoms. The predicted octanol–water partition coefficient (Wildman–Crippen LogP) is 2.76. The summed E-state index contributed by atoms with van der Waals surface area (Å²) in [4.78, 5) is 17.9. The van der Waals surface area contributed by atoms with Gasteiger partial charge in [-0.3, -0.25) is 4.99 Å². The van der Waals surface area contributed by atoms with Crippen LogP contribution in [0.25, 0.3) is 0 Å². The lowest BCUT2D eigenvalue weighted by molar-refractivity contribution is 0.0963. The molecule has 7 nitrogen and oxygen atoms in total. The number of ether oxygens (including phenoxy) is 2. The number of carbonyl (C=O) groups is 1. The molecule has 2 fully saturated rings. The highest BCUT2D eigenvalue weighted by atomic mass is 16.6. The maximum Gasteiger partial charge on any atom is 0.409 e. The SMILES string of the molecule is CCOC(=O)N1CCC(NC(=NC)NCc2ccccc2OCC2CC2)CC1. The fourth-order valence-corrected chi connectivity index (χ4v) is 3.27. The first-order chi connectivity index (χ1) is 13.7. The normalized spacial score (nSPS) is 17.9. The summed E-state index contributed by atoms with van der Waals surface area (Å²) in [6.07, 6.45) is 4.10. The summed E-state index contributed by atoms with van der Waals surface area (Å²) < 4.78 is 11.1.